The van der Waals surface area contributed by atoms with Crippen LogP contribution in [-0.4, -0.2) is 40.7 Å². The number of ether oxygens (including phenoxy) is 3. The number of methoxy groups -OCH3 is 3. The van der Waals surface area contributed by atoms with Crippen molar-refractivity contribution in [3.05, 3.63) is 17.7 Å². The van der Waals surface area contributed by atoms with Crippen molar-refractivity contribution in [2.45, 2.75) is 57.6 Å². The van der Waals surface area contributed by atoms with Crippen molar-refractivity contribution in [3.63, 3.8) is 0 Å². The van der Waals surface area contributed by atoms with Crippen molar-refractivity contribution < 1.29 is 22.6 Å². The van der Waals surface area contributed by atoms with Gasteiger partial charge in [0.15, 0.2) is 21.3 Å². The van der Waals surface area contributed by atoms with Gasteiger partial charge >= 0.3 is 0 Å². The fourth-order valence-corrected chi connectivity index (χ4v) is 5.23. The summed E-state index contributed by atoms with van der Waals surface area (Å²) in [4.78, 5) is 0. The Bertz CT molecular complexity index is 678. The van der Waals surface area contributed by atoms with Crippen molar-refractivity contribution >= 4 is 9.84 Å². The Labute approximate surface area is 164 Å². The Hall–Kier alpha value is -1.43. The molecule has 5 nitrogen and oxygen atoms in total. The third kappa shape index (κ3) is 5.77. The molecule has 1 aromatic rings. The van der Waals surface area contributed by atoms with Gasteiger partial charge in [0.1, 0.15) is 0 Å². The van der Waals surface area contributed by atoms with E-state index < -0.39 is 9.84 Å². The molecule has 0 spiro atoms. The predicted octanol–water partition coefficient (Wildman–Crippen LogP) is 4.27. The summed E-state index contributed by atoms with van der Waals surface area (Å²) in [6.07, 6.45) is 6.32. The summed E-state index contributed by atoms with van der Waals surface area (Å²) >= 11 is 0. The number of benzene rings is 1. The molecule has 0 heterocycles. The minimum atomic E-state index is -2.93. The van der Waals surface area contributed by atoms with Gasteiger partial charge in [-0.25, -0.2) is 8.42 Å². The number of aryl methyl sites for hydroxylation is 1. The standard InChI is InChI=1S/C21H34O5S/c1-15(2)27(22,23)14-17-9-6-16(7-10-17)8-11-18-12-19(24-3)21(26-5)20(13-18)25-4/h12-13,15-17H,6-11,14H2,1-5H3. The van der Waals surface area contributed by atoms with E-state index in [0.29, 0.717) is 34.8 Å². The van der Waals surface area contributed by atoms with E-state index >= 15 is 0 Å². The van der Waals surface area contributed by atoms with Gasteiger partial charge in [0.25, 0.3) is 0 Å². The number of hydrogen-bond donors (Lipinski definition) is 0. The highest BCUT2D eigenvalue weighted by Crippen LogP contribution is 2.39. The molecule has 1 aromatic carbocycles. The molecule has 27 heavy (non-hydrogen) atoms. The quantitative estimate of drug-likeness (QED) is 0.621. The fraction of sp³-hybridized carbons (Fsp3) is 0.714. The molecular formula is C21H34O5S. The topological polar surface area (TPSA) is 61.8 Å². The first-order valence-corrected chi connectivity index (χ1v) is 11.5. The summed E-state index contributed by atoms with van der Waals surface area (Å²) in [5.41, 5.74) is 1.18. The molecule has 0 aromatic heterocycles. The van der Waals surface area contributed by atoms with Crippen LogP contribution in [0.2, 0.25) is 0 Å². The zero-order valence-electron chi connectivity index (χ0n) is 17.3. The van der Waals surface area contributed by atoms with Gasteiger partial charge in [0.2, 0.25) is 5.75 Å². The van der Waals surface area contributed by atoms with Gasteiger partial charge in [-0.1, -0.05) is 12.8 Å². The SMILES string of the molecule is COc1cc(CCC2CCC(CS(=O)(=O)C(C)C)CC2)cc(OC)c1OC. The molecule has 0 atom stereocenters. The van der Waals surface area contributed by atoms with Crippen LogP contribution in [0.15, 0.2) is 12.1 Å². The summed E-state index contributed by atoms with van der Waals surface area (Å²) in [6.45, 7) is 3.55. The normalized spacial score (nSPS) is 20.5. The van der Waals surface area contributed by atoms with Crippen molar-refractivity contribution in [3.8, 4) is 17.2 Å². The summed E-state index contributed by atoms with van der Waals surface area (Å²) in [6, 6.07) is 4.03. The summed E-state index contributed by atoms with van der Waals surface area (Å²) < 4.78 is 40.5. The Kier molecular flexibility index (Phi) is 7.83. The molecule has 2 rings (SSSR count). The second kappa shape index (κ2) is 9.67. The van der Waals surface area contributed by atoms with Crippen LogP contribution in [0.3, 0.4) is 0 Å². The maximum atomic E-state index is 12.1. The average molecular weight is 399 g/mol. The highest BCUT2D eigenvalue weighted by Gasteiger charge is 2.27. The van der Waals surface area contributed by atoms with Crippen LogP contribution in [-0.2, 0) is 16.3 Å². The predicted molar refractivity (Wildman–Crippen MR) is 109 cm³/mol. The molecule has 0 unspecified atom stereocenters. The molecule has 6 heteroatoms. The van der Waals surface area contributed by atoms with Crippen LogP contribution in [0.5, 0.6) is 17.2 Å². The average Bonchev–Trinajstić information content (AvgIpc) is 2.66. The van der Waals surface area contributed by atoms with Crippen LogP contribution in [0.25, 0.3) is 0 Å². The van der Waals surface area contributed by atoms with Crippen LogP contribution in [0.4, 0.5) is 0 Å². The minimum absolute atomic E-state index is 0.268. The van der Waals surface area contributed by atoms with Crippen LogP contribution >= 0.6 is 0 Å². The lowest BCUT2D eigenvalue weighted by Gasteiger charge is -2.29. The highest BCUT2D eigenvalue weighted by atomic mass is 32.2. The molecule has 1 saturated carbocycles. The van der Waals surface area contributed by atoms with E-state index in [0.717, 1.165) is 38.5 Å². The Balaban J connectivity index is 1.90. The van der Waals surface area contributed by atoms with Gasteiger partial charge in [0.05, 0.1) is 32.3 Å². The van der Waals surface area contributed by atoms with Crippen molar-refractivity contribution in [1.29, 1.82) is 0 Å². The summed E-state index contributed by atoms with van der Waals surface area (Å²) in [5.74, 6) is 3.33. The van der Waals surface area contributed by atoms with Crippen LogP contribution in [0.1, 0.15) is 51.5 Å². The highest BCUT2D eigenvalue weighted by molar-refractivity contribution is 7.91. The van der Waals surface area contributed by atoms with Crippen LogP contribution < -0.4 is 14.2 Å². The zero-order valence-corrected chi connectivity index (χ0v) is 18.1. The van der Waals surface area contributed by atoms with E-state index in [1.54, 1.807) is 35.2 Å². The Morgan fingerprint density at radius 3 is 1.89 bits per heavy atom. The van der Waals surface area contributed by atoms with Gasteiger partial charge in [-0.2, -0.15) is 0 Å². The molecule has 0 N–H and O–H groups in total. The third-order valence-electron chi connectivity index (χ3n) is 5.72. The lowest BCUT2D eigenvalue weighted by molar-refractivity contribution is 0.278. The smallest absolute Gasteiger partial charge is 0.203 e. The van der Waals surface area contributed by atoms with Gasteiger partial charge in [0, 0.05) is 0 Å². The molecular weight excluding hydrogens is 364 g/mol. The van der Waals surface area contributed by atoms with E-state index in [-0.39, 0.29) is 5.25 Å². The van der Waals surface area contributed by atoms with Crippen molar-refractivity contribution in [2.24, 2.45) is 11.8 Å². The molecule has 0 saturated heterocycles. The monoisotopic (exact) mass is 398 g/mol. The molecule has 0 amide bonds. The number of rotatable bonds is 9. The first-order chi connectivity index (χ1) is 12.8. The van der Waals surface area contributed by atoms with E-state index in [1.165, 1.54) is 5.56 Å². The molecule has 154 valence electrons. The molecule has 1 fully saturated rings. The first kappa shape index (κ1) is 21.9. The van der Waals surface area contributed by atoms with E-state index in [4.69, 9.17) is 14.2 Å². The second-order valence-electron chi connectivity index (χ2n) is 7.84. The lowest BCUT2D eigenvalue weighted by Crippen LogP contribution is -2.26. The van der Waals surface area contributed by atoms with Crippen molar-refractivity contribution in [1.82, 2.24) is 0 Å². The molecule has 1 aliphatic carbocycles. The number of sulfone groups is 1. The maximum absolute atomic E-state index is 12.1. The third-order valence-corrected chi connectivity index (χ3v) is 8.09. The maximum Gasteiger partial charge on any atom is 0.203 e. The van der Waals surface area contributed by atoms with E-state index in [9.17, 15) is 8.42 Å². The van der Waals surface area contributed by atoms with Gasteiger partial charge in [-0.3, -0.25) is 0 Å². The molecule has 0 radical (unpaired) electrons. The molecule has 0 bridgehead atoms. The summed E-state index contributed by atoms with van der Waals surface area (Å²) in [7, 11) is 1.94. The van der Waals surface area contributed by atoms with Crippen molar-refractivity contribution in [2.75, 3.05) is 27.1 Å². The van der Waals surface area contributed by atoms with Gasteiger partial charge in [-0.15, -0.1) is 0 Å². The number of hydrogen-bond acceptors (Lipinski definition) is 5. The largest absolute Gasteiger partial charge is 0.493 e. The van der Waals surface area contributed by atoms with Gasteiger partial charge < -0.3 is 14.2 Å². The molecule has 0 aliphatic heterocycles. The molecule has 1 aliphatic rings. The van der Waals surface area contributed by atoms with Crippen LogP contribution in [0, 0.1) is 11.8 Å². The Morgan fingerprint density at radius 1 is 0.926 bits per heavy atom. The van der Waals surface area contributed by atoms with E-state index in [2.05, 4.69) is 0 Å². The minimum Gasteiger partial charge on any atom is -0.493 e. The second-order valence-corrected chi connectivity index (χ2v) is 10.4. The van der Waals surface area contributed by atoms with E-state index in [1.807, 2.05) is 12.1 Å². The Morgan fingerprint density at radius 2 is 1.44 bits per heavy atom. The summed E-state index contributed by atoms with van der Waals surface area (Å²) in [5, 5.41) is -0.268. The zero-order chi connectivity index (χ0) is 20.0. The first-order valence-electron chi connectivity index (χ1n) is 9.81. The fourth-order valence-electron chi connectivity index (χ4n) is 3.86. The lowest BCUT2D eigenvalue weighted by atomic mass is 9.80. The van der Waals surface area contributed by atoms with Gasteiger partial charge in [-0.05, 0) is 69.1 Å².